The molecule has 2 unspecified atom stereocenters. The topological polar surface area (TPSA) is 103 Å². The summed E-state index contributed by atoms with van der Waals surface area (Å²) in [7, 11) is -4.90. The molecule has 10 heteroatoms. The van der Waals surface area contributed by atoms with Gasteiger partial charge in [0.2, 0.25) is 8.32 Å². The van der Waals surface area contributed by atoms with Crippen LogP contribution in [-0.4, -0.2) is 56.7 Å². The molecule has 2 aliphatic rings. The van der Waals surface area contributed by atoms with E-state index in [1.54, 1.807) is 0 Å². The molecule has 0 bridgehead atoms. The van der Waals surface area contributed by atoms with E-state index in [2.05, 4.69) is 108 Å². The number of aliphatic hydroxyl groups is 1. The van der Waals surface area contributed by atoms with Crippen molar-refractivity contribution < 1.29 is 18.7 Å². The zero-order valence-corrected chi connectivity index (χ0v) is 28.3. The van der Waals surface area contributed by atoms with Crippen molar-refractivity contribution in [1.82, 2.24) is 9.55 Å². The normalized spacial score (nSPS) is 26.4. The van der Waals surface area contributed by atoms with Crippen LogP contribution in [-0.2, 0) is 13.6 Å². The van der Waals surface area contributed by atoms with Crippen molar-refractivity contribution in [3.63, 3.8) is 0 Å². The predicted molar refractivity (Wildman–Crippen MR) is 172 cm³/mol. The van der Waals surface area contributed by atoms with Crippen LogP contribution < -0.4 is 16.4 Å². The van der Waals surface area contributed by atoms with Crippen LogP contribution in [0.25, 0.3) is 0 Å². The predicted octanol–water partition coefficient (Wildman–Crippen LogP) is 4.99. The molecular formula is C32H48N2O6Si2. The van der Waals surface area contributed by atoms with Crippen LogP contribution in [0.4, 0.5) is 0 Å². The third-order valence-electron chi connectivity index (χ3n) is 9.39. The number of nitrogens with zero attached hydrogens (tertiary/aromatic N) is 1. The number of rotatable bonds is 9. The van der Waals surface area contributed by atoms with Gasteiger partial charge in [-0.05, 0) is 34.8 Å². The highest BCUT2D eigenvalue weighted by Crippen LogP contribution is 2.48. The molecule has 0 saturated carbocycles. The number of nitrogens with one attached hydrogen (secondary N) is 1. The molecule has 230 valence electrons. The fraction of sp³-hybridized carbons (Fsp3) is 0.562. The van der Waals surface area contributed by atoms with Gasteiger partial charge < -0.3 is 18.7 Å². The molecule has 2 heterocycles. The lowest BCUT2D eigenvalue weighted by molar-refractivity contribution is -0.0522. The minimum Gasteiger partial charge on any atom is -0.416 e. The first-order chi connectivity index (χ1) is 19.6. The summed E-state index contributed by atoms with van der Waals surface area (Å²) in [6, 6.07) is 11.8. The maximum Gasteiger partial charge on any atom is 0.330 e. The lowest BCUT2D eigenvalue weighted by Crippen LogP contribution is -2.61. The first-order valence-electron chi connectivity index (χ1n) is 14.9. The standard InChI is InChI=1S/C32H48N2O6Si2/c1-31(2,3)41(7,8)38-21-25-26(40-29(28(25)36)34-20-19-27(35)33-30(34)37)22-39-42(32(4,5)6,23-15-11-9-12-16-23)24-17-13-10-14-18-24/h9-17,19-20,24-26,28-29,36H,18,21-22H2,1-8H3,(H,33,35,37)/t24?,25-,26-,28-,29-,42?/m1/s1. The highest BCUT2D eigenvalue weighted by molar-refractivity contribution is 6.90. The van der Waals surface area contributed by atoms with Crippen LogP contribution in [0, 0.1) is 5.92 Å². The number of hydrogen-bond acceptors (Lipinski definition) is 6. The molecule has 8 nitrogen and oxygen atoms in total. The van der Waals surface area contributed by atoms with E-state index in [9.17, 15) is 14.7 Å². The van der Waals surface area contributed by atoms with Crippen LogP contribution in [0.15, 0.2) is 76.5 Å². The Hall–Kier alpha value is -2.35. The molecule has 42 heavy (non-hydrogen) atoms. The number of hydrogen-bond donors (Lipinski definition) is 2. The lowest BCUT2D eigenvalue weighted by Gasteiger charge is -2.47. The van der Waals surface area contributed by atoms with Crippen molar-refractivity contribution >= 4 is 21.8 Å². The molecule has 1 aromatic heterocycles. The fourth-order valence-electron chi connectivity index (χ4n) is 5.93. The first-order valence-corrected chi connectivity index (χ1v) is 19.8. The van der Waals surface area contributed by atoms with E-state index in [4.69, 9.17) is 13.6 Å². The second-order valence-electron chi connectivity index (χ2n) is 14.1. The summed E-state index contributed by atoms with van der Waals surface area (Å²) in [4.78, 5) is 26.8. The van der Waals surface area contributed by atoms with Crippen LogP contribution in [0.2, 0.25) is 28.7 Å². The number of ether oxygens (including phenoxy) is 1. The maximum atomic E-state index is 12.7. The molecule has 1 aliphatic carbocycles. The van der Waals surface area contributed by atoms with Gasteiger partial charge in [0.15, 0.2) is 14.5 Å². The van der Waals surface area contributed by atoms with Gasteiger partial charge in [0.1, 0.15) is 6.10 Å². The quantitative estimate of drug-likeness (QED) is 0.387. The number of benzene rings is 1. The van der Waals surface area contributed by atoms with E-state index in [1.807, 2.05) is 6.07 Å². The van der Waals surface area contributed by atoms with E-state index in [0.29, 0.717) is 0 Å². The number of aliphatic hydroxyl groups excluding tert-OH is 1. The Morgan fingerprint density at radius 3 is 2.24 bits per heavy atom. The Morgan fingerprint density at radius 1 is 0.976 bits per heavy atom. The summed E-state index contributed by atoms with van der Waals surface area (Å²) in [6.07, 6.45) is 8.39. The van der Waals surface area contributed by atoms with E-state index in [-0.39, 0.29) is 28.8 Å². The Kier molecular flexibility index (Phi) is 9.56. The minimum atomic E-state index is -2.75. The summed E-state index contributed by atoms with van der Waals surface area (Å²) in [5, 5.41) is 12.6. The largest absolute Gasteiger partial charge is 0.416 e. The van der Waals surface area contributed by atoms with Gasteiger partial charge >= 0.3 is 5.69 Å². The maximum absolute atomic E-state index is 12.7. The molecule has 2 N–H and O–H groups in total. The van der Waals surface area contributed by atoms with Gasteiger partial charge in [-0.1, -0.05) is 96.2 Å². The van der Waals surface area contributed by atoms with E-state index in [0.717, 1.165) is 6.42 Å². The van der Waals surface area contributed by atoms with Gasteiger partial charge in [0.25, 0.3) is 5.56 Å². The summed E-state index contributed by atoms with van der Waals surface area (Å²) >= 11 is 0. The SMILES string of the molecule is CC(C)(C)[Si](C)(C)OC[C@H]1[C@@H](O)[C@H](n2ccc(=O)[nH]c2=O)O[C@@H]1CO[Si](c1ccccc1)(C1C=CC=CC1)C(C)(C)C. The summed E-state index contributed by atoms with van der Waals surface area (Å²) in [5.74, 6) is -0.438. The van der Waals surface area contributed by atoms with Gasteiger partial charge in [-0.2, -0.15) is 0 Å². The molecule has 0 radical (unpaired) electrons. The van der Waals surface area contributed by atoms with Gasteiger partial charge in [-0.25, -0.2) is 4.79 Å². The summed E-state index contributed by atoms with van der Waals surface area (Å²) < 4.78 is 21.6. The number of aromatic amines is 1. The van der Waals surface area contributed by atoms with E-state index >= 15 is 0 Å². The molecule has 1 saturated heterocycles. The Balaban J connectivity index is 1.71. The van der Waals surface area contributed by atoms with Crippen molar-refractivity contribution in [2.24, 2.45) is 5.92 Å². The zero-order valence-electron chi connectivity index (χ0n) is 26.3. The fourth-order valence-corrected chi connectivity index (χ4v) is 12.2. The van der Waals surface area contributed by atoms with E-state index < -0.39 is 52.2 Å². The Morgan fingerprint density at radius 2 is 1.67 bits per heavy atom. The Labute approximate surface area is 251 Å². The molecule has 0 amide bonds. The minimum absolute atomic E-state index is 0.0128. The highest BCUT2D eigenvalue weighted by atomic mass is 28.4. The molecular weight excluding hydrogens is 565 g/mol. The smallest absolute Gasteiger partial charge is 0.330 e. The van der Waals surface area contributed by atoms with Crippen molar-refractivity contribution in [2.75, 3.05) is 13.2 Å². The molecule has 1 fully saturated rings. The van der Waals surface area contributed by atoms with Crippen LogP contribution in [0.5, 0.6) is 0 Å². The zero-order chi connectivity index (χ0) is 30.9. The molecule has 2 aromatic rings. The second kappa shape index (κ2) is 12.3. The number of allylic oxidation sites excluding steroid dienone is 4. The van der Waals surface area contributed by atoms with Gasteiger partial charge in [-0.15, -0.1) is 0 Å². The monoisotopic (exact) mass is 612 g/mol. The third-order valence-corrected chi connectivity index (χ3v) is 19.4. The van der Waals surface area contributed by atoms with Gasteiger partial charge in [0.05, 0.1) is 12.7 Å². The van der Waals surface area contributed by atoms with Gasteiger partial charge in [0, 0.05) is 30.3 Å². The van der Waals surface area contributed by atoms with Crippen molar-refractivity contribution in [1.29, 1.82) is 0 Å². The molecule has 1 aliphatic heterocycles. The number of H-pyrrole nitrogens is 1. The van der Waals surface area contributed by atoms with E-state index in [1.165, 1.54) is 22.0 Å². The van der Waals surface area contributed by atoms with Crippen LogP contribution >= 0.6 is 0 Å². The second-order valence-corrected chi connectivity index (χ2v) is 23.5. The number of aromatic nitrogens is 2. The molecule has 1 aromatic carbocycles. The van der Waals surface area contributed by atoms with Crippen molar-refractivity contribution in [2.45, 2.75) is 95.1 Å². The lowest BCUT2D eigenvalue weighted by atomic mass is 9.99. The average molecular weight is 613 g/mol. The average Bonchev–Trinajstić information content (AvgIpc) is 3.22. The summed E-state index contributed by atoms with van der Waals surface area (Å²) in [6.45, 7) is 18.2. The Bertz CT molecular complexity index is 1390. The molecule has 0 spiro atoms. The highest BCUT2D eigenvalue weighted by Gasteiger charge is 2.55. The van der Waals surface area contributed by atoms with Crippen LogP contribution in [0.3, 0.4) is 0 Å². The molecule has 4 rings (SSSR count). The van der Waals surface area contributed by atoms with Crippen molar-refractivity contribution in [3.05, 3.63) is 87.7 Å². The van der Waals surface area contributed by atoms with Crippen LogP contribution in [0.1, 0.15) is 54.2 Å². The van der Waals surface area contributed by atoms with Gasteiger partial charge in [-0.3, -0.25) is 14.3 Å². The molecule has 6 atom stereocenters. The summed E-state index contributed by atoms with van der Waals surface area (Å²) in [5.41, 5.74) is -0.922. The van der Waals surface area contributed by atoms with Crippen molar-refractivity contribution in [3.8, 4) is 0 Å². The third kappa shape index (κ3) is 6.44. The first kappa shape index (κ1) is 32.6.